The molecule has 0 aliphatic carbocycles. The van der Waals surface area contributed by atoms with Crippen molar-refractivity contribution in [3.05, 3.63) is 60.7 Å². The van der Waals surface area contributed by atoms with Crippen molar-refractivity contribution in [1.82, 2.24) is 15.0 Å². The lowest BCUT2D eigenvalue weighted by atomic mass is 10.3. The van der Waals surface area contributed by atoms with Gasteiger partial charge in [-0.05, 0) is 31.2 Å². The molecule has 0 saturated carbocycles. The third kappa shape index (κ3) is 3.65. The zero-order chi connectivity index (χ0) is 14.2. The van der Waals surface area contributed by atoms with Crippen molar-refractivity contribution in [3.63, 3.8) is 0 Å². The summed E-state index contributed by atoms with van der Waals surface area (Å²) in [4.78, 5) is 22.5. The number of para-hydroxylation sites is 2. The second-order valence-electron chi connectivity index (χ2n) is 3.85. The summed E-state index contributed by atoms with van der Waals surface area (Å²) in [6.45, 7) is 2.10. The Kier molecular flexibility index (Phi) is 4.83. The number of H-pyrrole nitrogens is 1. The van der Waals surface area contributed by atoms with E-state index in [0.29, 0.717) is 12.1 Å². The molecule has 0 radical (unpaired) electrons. The minimum atomic E-state index is -0.434. The van der Waals surface area contributed by atoms with Crippen LogP contribution < -0.4 is 0 Å². The first-order valence-electron chi connectivity index (χ1n) is 6.28. The Labute approximate surface area is 116 Å². The predicted octanol–water partition coefficient (Wildman–Crippen LogP) is 2.82. The number of hydrogen-bond donors (Lipinski definition) is 1. The molecule has 0 fully saturated rings. The number of rotatable bonds is 2. The number of fused-ring (bicyclic) bond motifs is 1. The molecule has 102 valence electrons. The van der Waals surface area contributed by atoms with Crippen LogP contribution in [0.5, 0.6) is 0 Å². The molecular weight excluding hydrogens is 254 g/mol. The quantitative estimate of drug-likeness (QED) is 0.726. The van der Waals surface area contributed by atoms with Crippen LogP contribution in [-0.2, 0) is 4.74 Å². The van der Waals surface area contributed by atoms with Gasteiger partial charge < -0.3 is 9.72 Å². The number of nitrogens with one attached hydrogen (secondary N) is 1. The summed E-state index contributed by atoms with van der Waals surface area (Å²) in [5.41, 5.74) is 1.71. The number of benzene rings is 1. The summed E-state index contributed by atoms with van der Waals surface area (Å²) >= 11 is 0. The zero-order valence-corrected chi connectivity index (χ0v) is 11.1. The second kappa shape index (κ2) is 7.04. The summed E-state index contributed by atoms with van der Waals surface area (Å²) < 4.78 is 4.84. The van der Waals surface area contributed by atoms with Gasteiger partial charge in [-0.1, -0.05) is 12.1 Å². The number of carbonyl (C=O) groups excluding carboxylic acids is 1. The SMILES string of the molecule is CCOC(=O)c1cnc2ccccc2n1.c1cc[nH]c1. The molecule has 0 aliphatic rings. The van der Waals surface area contributed by atoms with E-state index >= 15 is 0 Å². The van der Waals surface area contributed by atoms with Crippen molar-refractivity contribution >= 4 is 17.0 Å². The molecule has 0 spiro atoms. The van der Waals surface area contributed by atoms with Crippen molar-refractivity contribution < 1.29 is 9.53 Å². The van der Waals surface area contributed by atoms with Crippen LogP contribution in [0.25, 0.3) is 11.0 Å². The summed E-state index contributed by atoms with van der Waals surface area (Å²) in [7, 11) is 0. The number of ether oxygens (including phenoxy) is 1. The van der Waals surface area contributed by atoms with Crippen LogP contribution in [0.15, 0.2) is 55.0 Å². The van der Waals surface area contributed by atoms with Gasteiger partial charge in [0.05, 0.1) is 23.8 Å². The molecule has 20 heavy (non-hydrogen) atoms. The van der Waals surface area contributed by atoms with E-state index in [-0.39, 0.29) is 5.69 Å². The van der Waals surface area contributed by atoms with Gasteiger partial charge in [0.25, 0.3) is 0 Å². The largest absolute Gasteiger partial charge is 0.461 e. The number of hydrogen-bond acceptors (Lipinski definition) is 4. The van der Waals surface area contributed by atoms with Crippen LogP contribution in [0.3, 0.4) is 0 Å². The maximum absolute atomic E-state index is 11.4. The fraction of sp³-hybridized carbons (Fsp3) is 0.133. The van der Waals surface area contributed by atoms with E-state index < -0.39 is 5.97 Å². The Balaban J connectivity index is 0.000000247. The van der Waals surface area contributed by atoms with Gasteiger partial charge in [-0.3, -0.25) is 4.98 Å². The zero-order valence-electron chi connectivity index (χ0n) is 11.1. The third-order valence-electron chi connectivity index (χ3n) is 2.43. The number of nitrogens with zero attached hydrogens (tertiary/aromatic N) is 2. The van der Waals surface area contributed by atoms with Crippen LogP contribution in [0.1, 0.15) is 17.4 Å². The third-order valence-corrected chi connectivity index (χ3v) is 2.43. The normalized spacial score (nSPS) is 9.65. The van der Waals surface area contributed by atoms with Crippen molar-refractivity contribution in [2.75, 3.05) is 6.61 Å². The molecule has 3 rings (SSSR count). The van der Waals surface area contributed by atoms with E-state index in [9.17, 15) is 4.79 Å². The van der Waals surface area contributed by atoms with Crippen LogP contribution in [0.4, 0.5) is 0 Å². The molecule has 1 N–H and O–H groups in total. The highest BCUT2D eigenvalue weighted by Crippen LogP contribution is 2.08. The van der Waals surface area contributed by atoms with Crippen LogP contribution >= 0.6 is 0 Å². The maximum Gasteiger partial charge on any atom is 0.358 e. The van der Waals surface area contributed by atoms with E-state index in [1.165, 1.54) is 6.20 Å². The Morgan fingerprint density at radius 1 is 1.15 bits per heavy atom. The molecule has 1 aromatic carbocycles. The molecule has 0 saturated heterocycles. The second-order valence-corrected chi connectivity index (χ2v) is 3.85. The molecule has 2 aromatic heterocycles. The highest BCUT2D eigenvalue weighted by atomic mass is 16.5. The number of esters is 1. The molecule has 0 atom stereocenters. The summed E-state index contributed by atoms with van der Waals surface area (Å²) in [5, 5.41) is 0. The Morgan fingerprint density at radius 2 is 1.85 bits per heavy atom. The lowest BCUT2D eigenvalue weighted by molar-refractivity contribution is 0.0519. The van der Waals surface area contributed by atoms with E-state index in [2.05, 4.69) is 15.0 Å². The molecule has 0 unspecified atom stereocenters. The van der Waals surface area contributed by atoms with E-state index in [1.54, 1.807) is 6.92 Å². The summed E-state index contributed by atoms with van der Waals surface area (Å²) in [6.07, 6.45) is 5.18. The van der Waals surface area contributed by atoms with Gasteiger partial charge in [-0.15, -0.1) is 0 Å². The smallest absolute Gasteiger partial charge is 0.358 e. The highest BCUT2D eigenvalue weighted by Gasteiger charge is 2.08. The molecule has 0 aliphatic heterocycles. The van der Waals surface area contributed by atoms with Crippen LogP contribution in [-0.4, -0.2) is 27.5 Å². The van der Waals surface area contributed by atoms with Gasteiger partial charge in [-0.25, -0.2) is 9.78 Å². The Hall–Kier alpha value is -2.69. The predicted molar refractivity (Wildman–Crippen MR) is 76.3 cm³/mol. The number of carbonyl (C=O) groups is 1. The molecule has 5 nitrogen and oxygen atoms in total. The van der Waals surface area contributed by atoms with Gasteiger partial charge in [0.15, 0.2) is 5.69 Å². The van der Waals surface area contributed by atoms with Gasteiger partial charge in [0.2, 0.25) is 0 Å². The average Bonchev–Trinajstić information content (AvgIpc) is 3.06. The molecule has 5 heteroatoms. The first-order chi connectivity index (χ1) is 9.81. The Morgan fingerprint density at radius 3 is 2.45 bits per heavy atom. The first kappa shape index (κ1) is 13.7. The van der Waals surface area contributed by atoms with E-state index in [4.69, 9.17) is 4.74 Å². The van der Waals surface area contributed by atoms with E-state index in [1.807, 2.05) is 48.8 Å². The van der Waals surface area contributed by atoms with Gasteiger partial charge in [0, 0.05) is 12.4 Å². The minimum absolute atomic E-state index is 0.246. The van der Waals surface area contributed by atoms with Crippen molar-refractivity contribution in [3.8, 4) is 0 Å². The molecule has 3 aromatic rings. The molecule has 0 bridgehead atoms. The highest BCUT2D eigenvalue weighted by molar-refractivity contribution is 5.89. The molecular formula is C15H15N3O2. The fourth-order valence-corrected chi connectivity index (χ4v) is 1.54. The van der Waals surface area contributed by atoms with E-state index in [0.717, 1.165) is 5.52 Å². The lowest BCUT2D eigenvalue weighted by Gasteiger charge is -2.01. The monoisotopic (exact) mass is 269 g/mol. The number of aromatic amines is 1. The van der Waals surface area contributed by atoms with Crippen LogP contribution in [0, 0.1) is 0 Å². The van der Waals surface area contributed by atoms with Crippen molar-refractivity contribution in [2.24, 2.45) is 0 Å². The summed E-state index contributed by atoms with van der Waals surface area (Å²) in [5.74, 6) is -0.434. The first-order valence-corrected chi connectivity index (χ1v) is 6.28. The van der Waals surface area contributed by atoms with Crippen LogP contribution in [0.2, 0.25) is 0 Å². The minimum Gasteiger partial charge on any atom is -0.461 e. The Bertz CT molecular complexity index is 648. The summed E-state index contributed by atoms with van der Waals surface area (Å²) in [6, 6.07) is 11.3. The average molecular weight is 269 g/mol. The lowest BCUT2D eigenvalue weighted by Crippen LogP contribution is -2.07. The molecule has 2 heterocycles. The fourth-order valence-electron chi connectivity index (χ4n) is 1.54. The standard InChI is InChI=1S/C11H10N2O2.C4H5N/c1-2-15-11(14)10-7-12-8-5-3-4-6-9(8)13-10;1-2-4-5-3-1/h3-7H,2H2,1H3;1-5H. The van der Waals surface area contributed by atoms with Gasteiger partial charge >= 0.3 is 5.97 Å². The number of aromatic nitrogens is 3. The van der Waals surface area contributed by atoms with Gasteiger partial charge in [-0.2, -0.15) is 0 Å². The van der Waals surface area contributed by atoms with Crippen molar-refractivity contribution in [2.45, 2.75) is 6.92 Å². The van der Waals surface area contributed by atoms with Gasteiger partial charge in [0.1, 0.15) is 0 Å². The topological polar surface area (TPSA) is 67.9 Å². The van der Waals surface area contributed by atoms with Crippen molar-refractivity contribution in [1.29, 1.82) is 0 Å². The molecule has 0 amide bonds. The maximum atomic E-state index is 11.4.